The second-order valence-electron chi connectivity index (χ2n) is 5.17. The second kappa shape index (κ2) is 5.17. The molecule has 0 spiro atoms. The normalized spacial score (nSPS) is 12.9. The molecule has 0 saturated heterocycles. The van der Waals surface area contributed by atoms with Gasteiger partial charge in [0.25, 0.3) is 0 Å². The Morgan fingerprint density at radius 3 is 2.18 bits per heavy atom. The minimum absolute atomic E-state index is 0.107. The molecule has 0 heterocycles. The summed E-state index contributed by atoms with van der Waals surface area (Å²) in [6.07, 6.45) is 1.73. The molecule has 0 fully saturated rings. The summed E-state index contributed by atoms with van der Waals surface area (Å²) in [6, 6.07) is 7.19. The van der Waals surface area contributed by atoms with E-state index in [2.05, 4.69) is 6.58 Å². The maximum atomic E-state index is 12.3. The molecule has 2 heteroatoms. The monoisotopic (exact) mass is 232 g/mol. The number of carbonyl (C=O) groups excluding carboxylic acids is 1. The van der Waals surface area contributed by atoms with Crippen molar-refractivity contribution in [3.8, 4) is 5.75 Å². The highest BCUT2D eigenvalue weighted by Gasteiger charge is 2.29. The zero-order chi connectivity index (χ0) is 13.1. The van der Waals surface area contributed by atoms with Crippen LogP contribution >= 0.6 is 0 Å². The lowest BCUT2D eigenvalue weighted by Gasteiger charge is -2.26. The number of methoxy groups -OCH3 is 1. The van der Waals surface area contributed by atoms with Crippen LogP contribution in [0.15, 0.2) is 36.9 Å². The van der Waals surface area contributed by atoms with Crippen LogP contribution in [0.1, 0.15) is 31.1 Å². The quantitative estimate of drug-likeness (QED) is 0.584. The Balaban J connectivity index is 2.98. The summed E-state index contributed by atoms with van der Waals surface area (Å²) >= 11 is 0. The maximum absolute atomic E-state index is 12.3. The Hall–Kier alpha value is -1.57. The maximum Gasteiger partial charge on any atom is 0.170 e. The number of Topliss-reactive ketones (excluding diaryl/α,β-unsaturated/α-hetero) is 1. The van der Waals surface area contributed by atoms with E-state index in [-0.39, 0.29) is 17.1 Å². The summed E-state index contributed by atoms with van der Waals surface area (Å²) < 4.78 is 5.07. The average Bonchev–Trinajstić information content (AvgIpc) is 2.28. The van der Waals surface area contributed by atoms with Crippen LogP contribution in [-0.4, -0.2) is 12.9 Å². The van der Waals surface area contributed by atoms with Gasteiger partial charge in [0.2, 0.25) is 0 Å². The molecule has 0 aromatic heterocycles. The third kappa shape index (κ3) is 3.19. The second-order valence-corrected chi connectivity index (χ2v) is 5.17. The van der Waals surface area contributed by atoms with Crippen molar-refractivity contribution in [1.82, 2.24) is 0 Å². The van der Waals surface area contributed by atoms with Crippen LogP contribution < -0.4 is 4.74 Å². The van der Waals surface area contributed by atoms with Gasteiger partial charge >= 0.3 is 0 Å². The van der Waals surface area contributed by atoms with Crippen molar-refractivity contribution in [3.63, 3.8) is 0 Å². The Bertz CT molecular complexity index is 396. The summed E-state index contributed by atoms with van der Waals surface area (Å²) in [5, 5.41) is 0. The SMILES string of the molecule is C=CC(C(=O)c1ccc(OC)cc1)C(C)(C)C. The van der Waals surface area contributed by atoms with Crippen LogP contribution in [0.4, 0.5) is 0 Å². The Kier molecular flexibility index (Phi) is 4.11. The number of hydrogen-bond donors (Lipinski definition) is 0. The van der Waals surface area contributed by atoms with Gasteiger partial charge in [-0.2, -0.15) is 0 Å². The van der Waals surface area contributed by atoms with Gasteiger partial charge in [-0.25, -0.2) is 0 Å². The topological polar surface area (TPSA) is 26.3 Å². The summed E-state index contributed by atoms with van der Waals surface area (Å²) in [5.41, 5.74) is 0.587. The minimum atomic E-state index is -0.170. The molecule has 0 aliphatic heterocycles. The zero-order valence-corrected chi connectivity index (χ0v) is 11.0. The van der Waals surface area contributed by atoms with Crippen LogP contribution in [0.25, 0.3) is 0 Å². The molecule has 0 amide bonds. The lowest BCUT2D eigenvalue weighted by Crippen LogP contribution is -2.26. The van der Waals surface area contributed by atoms with Crippen molar-refractivity contribution in [2.24, 2.45) is 11.3 Å². The van der Waals surface area contributed by atoms with E-state index in [0.29, 0.717) is 5.56 Å². The van der Waals surface area contributed by atoms with Crippen molar-refractivity contribution < 1.29 is 9.53 Å². The van der Waals surface area contributed by atoms with Crippen molar-refractivity contribution in [2.75, 3.05) is 7.11 Å². The minimum Gasteiger partial charge on any atom is -0.497 e. The Labute approximate surface area is 103 Å². The van der Waals surface area contributed by atoms with Gasteiger partial charge in [-0.1, -0.05) is 26.8 Å². The summed E-state index contributed by atoms with van der Waals surface area (Å²) in [7, 11) is 1.61. The standard InChI is InChI=1S/C15H20O2/c1-6-13(15(2,3)4)14(16)11-7-9-12(17-5)10-8-11/h6-10,13H,1H2,2-5H3. The van der Waals surface area contributed by atoms with Gasteiger partial charge in [0, 0.05) is 11.5 Å². The van der Waals surface area contributed by atoms with Crippen LogP contribution in [-0.2, 0) is 0 Å². The van der Waals surface area contributed by atoms with Gasteiger partial charge in [0.05, 0.1) is 7.11 Å². The van der Waals surface area contributed by atoms with E-state index in [1.807, 2.05) is 20.8 Å². The Morgan fingerprint density at radius 2 is 1.82 bits per heavy atom. The fourth-order valence-electron chi connectivity index (χ4n) is 1.79. The molecule has 1 aromatic carbocycles. The van der Waals surface area contributed by atoms with Crippen LogP contribution in [0.5, 0.6) is 5.75 Å². The molecule has 0 saturated carbocycles. The molecular formula is C15H20O2. The van der Waals surface area contributed by atoms with Crippen molar-refractivity contribution >= 4 is 5.78 Å². The number of ether oxygens (including phenoxy) is 1. The van der Waals surface area contributed by atoms with E-state index in [0.717, 1.165) is 5.75 Å². The highest BCUT2D eigenvalue weighted by Crippen LogP contribution is 2.30. The first-order chi connectivity index (χ1) is 7.90. The number of allylic oxidation sites excluding steroid dienone is 1. The lowest BCUT2D eigenvalue weighted by molar-refractivity contribution is 0.0870. The van der Waals surface area contributed by atoms with Gasteiger partial charge in [-0.05, 0) is 29.7 Å². The molecule has 1 atom stereocenters. The molecule has 0 bridgehead atoms. The van der Waals surface area contributed by atoms with Crippen molar-refractivity contribution in [2.45, 2.75) is 20.8 Å². The van der Waals surface area contributed by atoms with Crippen LogP contribution in [0.3, 0.4) is 0 Å². The highest BCUT2D eigenvalue weighted by molar-refractivity contribution is 5.99. The van der Waals surface area contributed by atoms with Crippen molar-refractivity contribution in [3.05, 3.63) is 42.5 Å². The molecule has 92 valence electrons. The number of hydrogen-bond acceptors (Lipinski definition) is 2. The number of ketones is 1. The van der Waals surface area contributed by atoms with Gasteiger partial charge in [-0.15, -0.1) is 6.58 Å². The third-order valence-electron chi connectivity index (χ3n) is 2.83. The van der Waals surface area contributed by atoms with E-state index in [4.69, 9.17) is 4.74 Å². The largest absolute Gasteiger partial charge is 0.497 e. The predicted molar refractivity (Wildman–Crippen MR) is 70.5 cm³/mol. The highest BCUT2D eigenvalue weighted by atomic mass is 16.5. The fraction of sp³-hybridized carbons (Fsp3) is 0.400. The molecule has 1 aromatic rings. The van der Waals surface area contributed by atoms with Crippen LogP contribution in [0, 0.1) is 11.3 Å². The molecule has 0 aliphatic carbocycles. The van der Waals surface area contributed by atoms with E-state index in [1.54, 1.807) is 37.5 Å². The number of rotatable bonds is 4. The fourth-order valence-corrected chi connectivity index (χ4v) is 1.79. The van der Waals surface area contributed by atoms with E-state index in [1.165, 1.54) is 0 Å². The predicted octanol–water partition coefficient (Wildman–Crippen LogP) is 3.73. The first-order valence-electron chi connectivity index (χ1n) is 5.71. The molecular weight excluding hydrogens is 212 g/mol. The lowest BCUT2D eigenvalue weighted by atomic mass is 9.76. The van der Waals surface area contributed by atoms with Gasteiger partial charge in [-0.3, -0.25) is 4.79 Å². The molecule has 0 aliphatic rings. The van der Waals surface area contributed by atoms with Gasteiger partial charge in [0.15, 0.2) is 5.78 Å². The van der Waals surface area contributed by atoms with E-state index < -0.39 is 0 Å². The zero-order valence-electron chi connectivity index (χ0n) is 11.0. The third-order valence-corrected chi connectivity index (χ3v) is 2.83. The molecule has 0 radical (unpaired) electrons. The molecule has 1 rings (SSSR count). The average molecular weight is 232 g/mol. The molecule has 0 N–H and O–H groups in total. The Morgan fingerprint density at radius 1 is 1.29 bits per heavy atom. The van der Waals surface area contributed by atoms with Gasteiger partial charge < -0.3 is 4.74 Å². The molecule has 1 unspecified atom stereocenters. The molecule has 2 nitrogen and oxygen atoms in total. The van der Waals surface area contributed by atoms with E-state index >= 15 is 0 Å². The first kappa shape index (κ1) is 13.5. The summed E-state index contributed by atoms with van der Waals surface area (Å²) in [5.74, 6) is 0.693. The number of carbonyl (C=O) groups is 1. The van der Waals surface area contributed by atoms with Crippen molar-refractivity contribution in [1.29, 1.82) is 0 Å². The van der Waals surface area contributed by atoms with E-state index in [9.17, 15) is 4.79 Å². The number of benzene rings is 1. The summed E-state index contributed by atoms with van der Waals surface area (Å²) in [4.78, 5) is 12.3. The molecule has 17 heavy (non-hydrogen) atoms. The van der Waals surface area contributed by atoms with Gasteiger partial charge in [0.1, 0.15) is 5.75 Å². The smallest absolute Gasteiger partial charge is 0.170 e. The first-order valence-corrected chi connectivity index (χ1v) is 5.71. The summed E-state index contributed by atoms with van der Waals surface area (Å²) in [6.45, 7) is 9.89. The van der Waals surface area contributed by atoms with Crippen LogP contribution in [0.2, 0.25) is 0 Å².